The molecule has 0 spiro atoms. The Labute approximate surface area is 125 Å². The highest BCUT2D eigenvalue weighted by Crippen LogP contribution is 2.41. The van der Waals surface area contributed by atoms with Crippen molar-refractivity contribution < 1.29 is 19.4 Å². The van der Waals surface area contributed by atoms with Gasteiger partial charge >= 0.3 is 6.09 Å². The predicted octanol–water partition coefficient (Wildman–Crippen LogP) is 1.42. The van der Waals surface area contributed by atoms with Gasteiger partial charge in [-0.1, -0.05) is 0 Å². The monoisotopic (exact) mass is 298 g/mol. The summed E-state index contributed by atoms with van der Waals surface area (Å²) in [5, 5.41) is 13.3. The molecule has 2 rings (SSSR count). The summed E-state index contributed by atoms with van der Waals surface area (Å²) in [7, 11) is 0. The number of rotatable bonds is 2. The number of carbonyl (C=O) groups is 2. The number of amides is 2. The van der Waals surface area contributed by atoms with Crippen LogP contribution < -0.4 is 5.32 Å². The van der Waals surface area contributed by atoms with Crippen LogP contribution in [0.5, 0.6) is 0 Å². The van der Waals surface area contributed by atoms with Gasteiger partial charge < -0.3 is 20.1 Å². The van der Waals surface area contributed by atoms with Crippen molar-refractivity contribution in [3.8, 4) is 0 Å². The highest BCUT2D eigenvalue weighted by molar-refractivity contribution is 5.73. The first kappa shape index (κ1) is 16.1. The Balaban J connectivity index is 2.02. The quantitative estimate of drug-likeness (QED) is 0.808. The number of carbonyl (C=O) groups excluding carboxylic acids is 2. The molecule has 2 heterocycles. The molecule has 0 radical (unpaired) electrons. The fourth-order valence-electron chi connectivity index (χ4n) is 3.37. The zero-order valence-corrected chi connectivity index (χ0v) is 13.3. The second-order valence-corrected chi connectivity index (χ2v) is 7.31. The molecule has 0 saturated carbocycles. The largest absolute Gasteiger partial charge is 0.444 e. The Morgan fingerprint density at radius 1 is 1.29 bits per heavy atom. The van der Waals surface area contributed by atoms with Gasteiger partial charge in [-0.3, -0.25) is 4.79 Å². The number of nitrogens with one attached hydrogen (secondary N) is 1. The van der Waals surface area contributed by atoms with Crippen molar-refractivity contribution in [1.82, 2.24) is 10.2 Å². The number of hydrogen-bond donors (Lipinski definition) is 2. The van der Waals surface area contributed by atoms with Crippen LogP contribution in [-0.4, -0.2) is 51.8 Å². The molecular formula is C15H26N2O4. The van der Waals surface area contributed by atoms with Crippen LogP contribution in [0.4, 0.5) is 4.79 Å². The van der Waals surface area contributed by atoms with Crippen molar-refractivity contribution in [3.63, 3.8) is 0 Å². The fraction of sp³-hybridized carbons (Fsp3) is 0.867. The maximum absolute atomic E-state index is 12.3. The van der Waals surface area contributed by atoms with Crippen molar-refractivity contribution in [2.24, 2.45) is 0 Å². The molecule has 6 nitrogen and oxygen atoms in total. The van der Waals surface area contributed by atoms with Crippen LogP contribution in [0, 0.1) is 0 Å². The summed E-state index contributed by atoms with van der Waals surface area (Å²) in [6, 6.07) is -0.00489. The van der Waals surface area contributed by atoms with Gasteiger partial charge in [-0.2, -0.15) is 0 Å². The first-order valence-corrected chi connectivity index (χ1v) is 7.58. The number of fused-ring (bicyclic) bond motifs is 2. The molecule has 2 saturated heterocycles. The van der Waals surface area contributed by atoms with Crippen molar-refractivity contribution in [2.45, 2.75) is 76.7 Å². The van der Waals surface area contributed by atoms with E-state index in [0.717, 1.165) is 12.8 Å². The van der Waals surface area contributed by atoms with Gasteiger partial charge in [-0.25, -0.2) is 4.79 Å². The second kappa shape index (κ2) is 5.48. The van der Waals surface area contributed by atoms with Gasteiger partial charge in [0.05, 0.1) is 5.60 Å². The van der Waals surface area contributed by atoms with Crippen molar-refractivity contribution in [1.29, 1.82) is 0 Å². The van der Waals surface area contributed by atoms with Crippen LogP contribution in [0.1, 0.15) is 53.4 Å². The lowest BCUT2D eigenvalue weighted by molar-refractivity contribution is -0.121. The van der Waals surface area contributed by atoms with Gasteiger partial charge in [0.25, 0.3) is 0 Å². The molecule has 21 heavy (non-hydrogen) atoms. The Bertz CT molecular complexity index is 416. The first-order chi connectivity index (χ1) is 9.60. The van der Waals surface area contributed by atoms with Crippen LogP contribution in [0.15, 0.2) is 0 Å². The molecule has 2 aliphatic heterocycles. The third kappa shape index (κ3) is 3.87. The zero-order valence-electron chi connectivity index (χ0n) is 13.3. The Morgan fingerprint density at radius 2 is 1.81 bits per heavy atom. The number of aliphatic hydroxyl groups is 1. The molecule has 2 N–H and O–H groups in total. The predicted molar refractivity (Wildman–Crippen MR) is 77.8 cm³/mol. The Kier molecular flexibility index (Phi) is 4.19. The van der Waals surface area contributed by atoms with E-state index in [0.29, 0.717) is 12.8 Å². The van der Waals surface area contributed by atoms with Gasteiger partial charge in [-0.05, 0) is 46.5 Å². The summed E-state index contributed by atoms with van der Waals surface area (Å²) in [5.41, 5.74) is -1.43. The number of piperidine rings is 1. The highest BCUT2D eigenvalue weighted by atomic mass is 16.6. The van der Waals surface area contributed by atoms with Crippen LogP contribution in [-0.2, 0) is 9.53 Å². The summed E-state index contributed by atoms with van der Waals surface area (Å²) in [6.07, 6.45) is 2.45. The molecule has 0 aromatic carbocycles. The normalized spacial score (nSPS) is 32.0. The molecule has 2 fully saturated rings. The van der Waals surface area contributed by atoms with Gasteiger partial charge in [0.2, 0.25) is 5.91 Å². The number of ether oxygens (including phenoxy) is 1. The van der Waals surface area contributed by atoms with E-state index in [1.54, 1.807) is 4.90 Å². The Morgan fingerprint density at radius 3 is 2.24 bits per heavy atom. The van der Waals surface area contributed by atoms with Crippen LogP contribution >= 0.6 is 0 Å². The topological polar surface area (TPSA) is 78.9 Å². The summed E-state index contributed by atoms with van der Waals surface area (Å²) in [5.74, 6) is -0.148. The highest BCUT2D eigenvalue weighted by Gasteiger charge is 2.50. The van der Waals surface area contributed by atoms with Crippen molar-refractivity contribution in [2.75, 3.05) is 6.54 Å². The summed E-state index contributed by atoms with van der Waals surface area (Å²) in [4.78, 5) is 25.1. The van der Waals surface area contributed by atoms with E-state index in [9.17, 15) is 14.7 Å². The third-order valence-corrected chi connectivity index (χ3v) is 4.12. The Hall–Kier alpha value is -1.30. The first-order valence-electron chi connectivity index (χ1n) is 7.58. The standard InChI is InChI=1S/C15H26N2O4/c1-10(18)16-9-15(20)7-11-5-6-12(8-15)17(11)13(19)21-14(2,3)4/h11-12,20H,5-9H2,1-4H3,(H,16,18)/t11-,12+,15?. The van der Waals surface area contributed by atoms with Crippen LogP contribution in [0.25, 0.3) is 0 Å². The lowest BCUT2D eigenvalue weighted by Gasteiger charge is -2.43. The van der Waals surface area contributed by atoms with Crippen molar-refractivity contribution >= 4 is 12.0 Å². The molecule has 0 aliphatic carbocycles. The van der Waals surface area contributed by atoms with E-state index in [4.69, 9.17) is 4.74 Å². The lowest BCUT2D eigenvalue weighted by atomic mass is 9.86. The maximum atomic E-state index is 12.3. The number of hydrogen-bond acceptors (Lipinski definition) is 4. The van der Waals surface area contributed by atoms with E-state index < -0.39 is 11.2 Å². The SMILES string of the molecule is CC(=O)NCC1(O)C[C@H]2CC[C@@H](C1)N2C(=O)OC(C)(C)C. The molecule has 120 valence electrons. The molecule has 0 aromatic heterocycles. The van der Waals surface area contributed by atoms with Gasteiger partial charge in [0.15, 0.2) is 0 Å². The van der Waals surface area contributed by atoms with Crippen LogP contribution in [0.2, 0.25) is 0 Å². The molecule has 6 heteroatoms. The van der Waals surface area contributed by atoms with Crippen LogP contribution in [0.3, 0.4) is 0 Å². The van der Waals surface area contributed by atoms with E-state index in [1.165, 1.54) is 6.92 Å². The fourth-order valence-corrected chi connectivity index (χ4v) is 3.37. The molecule has 2 aliphatic rings. The minimum absolute atomic E-state index is 0.00245. The summed E-state index contributed by atoms with van der Waals surface area (Å²) in [6.45, 7) is 7.24. The maximum Gasteiger partial charge on any atom is 0.410 e. The minimum atomic E-state index is -0.921. The zero-order chi connectivity index (χ0) is 15.8. The summed E-state index contributed by atoms with van der Waals surface area (Å²) < 4.78 is 5.46. The minimum Gasteiger partial charge on any atom is -0.444 e. The van der Waals surface area contributed by atoms with E-state index in [1.807, 2.05) is 20.8 Å². The molecule has 0 aromatic rings. The average molecular weight is 298 g/mol. The van der Waals surface area contributed by atoms with Gasteiger partial charge in [0, 0.05) is 25.6 Å². The lowest BCUT2D eigenvalue weighted by Crippen LogP contribution is -2.57. The second-order valence-electron chi connectivity index (χ2n) is 7.31. The third-order valence-electron chi connectivity index (χ3n) is 4.12. The van der Waals surface area contributed by atoms with E-state index in [2.05, 4.69) is 5.32 Å². The molecule has 3 atom stereocenters. The molecule has 2 amide bonds. The number of nitrogens with zero attached hydrogens (tertiary/aromatic N) is 1. The average Bonchev–Trinajstić information content (AvgIpc) is 2.58. The van der Waals surface area contributed by atoms with Gasteiger partial charge in [0.1, 0.15) is 5.60 Å². The van der Waals surface area contributed by atoms with Crippen molar-refractivity contribution in [3.05, 3.63) is 0 Å². The molecule has 2 bridgehead atoms. The smallest absolute Gasteiger partial charge is 0.410 e. The van der Waals surface area contributed by atoms with Gasteiger partial charge in [-0.15, -0.1) is 0 Å². The van der Waals surface area contributed by atoms with E-state index >= 15 is 0 Å². The molecule has 1 unspecified atom stereocenters. The molecular weight excluding hydrogens is 272 g/mol. The van der Waals surface area contributed by atoms with E-state index in [-0.39, 0.29) is 30.6 Å². The summed E-state index contributed by atoms with van der Waals surface area (Å²) >= 11 is 0.